The van der Waals surface area contributed by atoms with Crippen molar-refractivity contribution in [1.82, 2.24) is 0 Å². The van der Waals surface area contributed by atoms with Crippen LogP contribution in [-0.4, -0.2) is 10.9 Å². The van der Waals surface area contributed by atoms with E-state index in [1.807, 2.05) is 0 Å². The van der Waals surface area contributed by atoms with E-state index < -0.39 is 0 Å². The highest BCUT2D eigenvalue weighted by molar-refractivity contribution is 9.10. The van der Waals surface area contributed by atoms with Gasteiger partial charge in [0.2, 0.25) is 0 Å². The molecule has 1 aromatic rings. The van der Waals surface area contributed by atoms with Crippen LogP contribution in [0.1, 0.15) is 29.9 Å². The lowest BCUT2D eigenvalue weighted by molar-refractivity contribution is 0.286. The fourth-order valence-electron chi connectivity index (χ4n) is 2.56. The van der Waals surface area contributed by atoms with Gasteiger partial charge in [0, 0.05) is 16.0 Å². The summed E-state index contributed by atoms with van der Waals surface area (Å²) in [6, 6.07) is 6.26. The SMILES string of the molecule is O/N=C1/c2cc(Br)ccc2C2CC1C2. The van der Waals surface area contributed by atoms with Gasteiger partial charge in [-0.1, -0.05) is 27.2 Å². The molecule has 1 saturated carbocycles. The number of rotatable bonds is 0. The summed E-state index contributed by atoms with van der Waals surface area (Å²) >= 11 is 3.45. The number of nitrogens with zero attached hydrogens (tertiary/aromatic N) is 1. The lowest BCUT2D eigenvalue weighted by Gasteiger charge is -2.42. The van der Waals surface area contributed by atoms with Gasteiger partial charge in [0.15, 0.2) is 0 Å². The standard InChI is InChI=1S/C11H10BrNO/c12-8-1-2-9-6-3-7(4-6)11(13-14)10(9)5-8/h1-2,5-7,14H,3-4H2/b13-11+. The minimum atomic E-state index is 0.492. The Labute approximate surface area is 90.8 Å². The molecular weight excluding hydrogens is 242 g/mol. The zero-order valence-electron chi connectivity index (χ0n) is 7.57. The van der Waals surface area contributed by atoms with Crippen molar-refractivity contribution >= 4 is 21.6 Å². The molecule has 0 atom stereocenters. The van der Waals surface area contributed by atoms with Crippen LogP contribution in [0.2, 0.25) is 0 Å². The summed E-state index contributed by atoms with van der Waals surface area (Å²) in [5.41, 5.74) is 3.36. The van der Waals surface area contributed by atoms with E-state index in [1.54, 1.807) is 0 Å². The highest BCUT2D eigenvalue weighted by atomic mass is 79.9. The van der Waals surface area contributed by atoms with Crippen LogP contribution in [0, 0.1) is 5.92 Å². The van der Waals surface area contributed by atoms with Gasteiger partial charge in [0.1, 0.15) is 0 Å². The van der Waals surface area contributed by atoms with Crippen LogP contribution in [0.4, 0.5) is 0 Å². The summed E-state index contributed by atoms with van der Waals surface area (Å²) in [6.45, 7) is 0. The van der Waals surface area contributed by atoms with Crippen LogP contribution < -0.4 is 0 Å². The molecule has 3 aliphatic rings. The number of hydrogen-bond acceptors (Lipinski definition) is 2. The summed E-state index contributed by atoms with van der Waals surface area (Å²) < 4.78 is 1.05. The second kappa shape index (κ2) is 2.83. The van der Waals surface area contributed by atoms with Crippen molar-refractivity contribution in [1.29, 1.82) is 0 Å². The maximum atomic E-state index is 9.00. The van der Waals surface area contributed by atoms with Crippen molar-refractivity contribution < 1.29 is 5.21 Å². The average Bonchev–Trinajstić information content (AvgIpc) is 2.14. The summed E-state index contributed by atoms with van der Waals surface area (Å²) in [4.78, 5) is 0. The summed E-state index contributed by atoms with van der Waals surface area (Å²) in [6.07, 6.45) is 2.32. The van der Waals surface area contributed by atoms with E-state index >= 15 is 0 Å². The van der Waals surface area contributed by atoms with Gasteiger partial charge in [-0.2, -0.15) is 0 Å². The molecule has 0 saturated heterocycles. The lowest BCUT2D eigenvalue weighted by atomic mass is 9.61. The minimum absolute atomic E-state index is 0.492. The average molecular weight is 252 g/mol. The molecule has 1 aromatic carbocycles. The zero-order valence-corrected chi connectivity index (χ0v) is 9.16. The maximum absolute atomic E-state index is 9.00. The van der Waals surface area contributed by atoms with Crippen molar-refractivity contribution in [3.05, 3.63) is 33.8 Å². The van der Waals surface area contributed by atoms with Crippen molar-refractivity contribution in [2.24, 2.45) is 11.1 Å². The monoisotopic (exact) mass is 251 g/mol. The van der Waals surface area contributed by atoms with E-state index in [2.05, 4.69) is 39.3 Å². The molecule has 0 aromatic heterocycles. The summed E-state index contributed by atoms with van der Waals surface area (Å²) in [5, 5.41) is 12.4. The second-order valence-corrected chi connectivity index (χ2v) is 5.00. The third-order valence-corrected chi connectivity index (χ3v) is 3.86. The number of oxime groups is 1. The van der Waals surface area contributed by atoms with Gasteiger partial charge in [-0.15, -0.1) is 0 Å². The van der Waals surface area contributed by atoms with Crippen LogP contribution in [0.25, 0.3) is 0 Å². The van der Waals surface area contributed by atoms with Gasteiger partial charge in [-0.3, -0.25) is 0 Å². The minimum Gasteiger partial charge on any atom is -0.411 e. The van der Waals surface area contributed by atoms with E-state index in [1.165, 1.54) is 5.56 Å². The molecule has 0 amide bonds. The van der Waals surface area contributed by atoms with Crippen molar-refractivity contribution in [3.63, 3.8) is 0 Å². The second-order valence-electron chi connectivity index (χ2n) is 4.08. The quantitative estimate of drug-likeness (QED) is 0.558. The molecule has 2 nitrogen and oxygen atoms in total. The van der Waals surface area contributed by atoms with Gasteiger partial charge in [-0.25, -0.2) is 0 Å². The smallest absolute Gasteiger partial charge is 0.0902 e. The molecule has 0 radical (unpaired) electrons. The molecule has 4 rings (SSSR count). The molecule has 0 unspecified atom stereocenters. The van der Waals surface area contributed by atoms with Crippen molar-refractivity contribution in [3.8, 4) is 0 Å². The number of hydrogen-bond donors (Lipinski definition) is 1. The normalized spacial score (nSPS) is 31.1. The van der Waals surface area contributed by atoms with Crippen LogP contribution in [0.15, 0.2) is 27.8 Å². The Hall–Kier alpha value is -0.830. The van der Waals surface area contributed by atoms with E-state index in [0.717, 1.165) is 28.6 Å². The third kappa shape index (κ3) is 0.989. The molecule has 72 valence electrons. The van der Waals surface area contributed by atoms with Gasteiger partial charge in [-0.05, 0) is 36.5 Å². The predicted molar refractivity (Wildman–Crippen MR) is 57.9 cm³/mol. The van der Waals surface area contributed by atoms with Crippen molar-refractivity contribution in [2.45, 2.75) is 18.8 Å². The molecule has 14 heavy (non-hydrogen) atoms. The molecule has 3 heteroatoms. The van der Waals surface area contributed by atoms with Gasteiger partial charge in [0.05, 0.1) is 5.71 Å². The first-order valence-electron chi connectivity index (χ1n) is 4.81. The molecule has 0 aliphatic heterocycles. The molecule has 0 spiro atoms. The molecule has 1 fully saturated rings. The van der Waals surface area contributed by atoms with Crippen LogP contribution in [-0.2, 0) is 0 Å². The first kappa shape index (κ1) is 8.48. The van der Waals surface area contributed by atoms with Gasteiger partial charge in [0.25, 0.3) is 0 Å². The highest BCUT2D eigenvalue weighted by Crippen LogP contribution is 2.50. The predicted octanol–water partition coefficient (Wildman–Crippen LogP) is 3.13. The van der Waals surface area contributed by atoms with Crippen LogP contribution >= 0.6 is 15.9 Å². The molecule has 0 heterocycles. The van der Waals surface area contributed by atoms with Gasteiger partial charge < -0.3 is 5.21 Å². The topological polar surface area (TPSA) is 32.6 Å². The molecule has 2 bridgehead atoms. The maximum Gasteiger partial charge on any atom is 0.0902 e. The number of benzene rings is 1. The summed E-state index contributed by atoms with van der Waals surface area (Å²) in [7, 11) is 0. The fraction of sp³-hybridized carbons (Fsp3) is 0.364. The van der Waals surface area contributed by atoms with Gasteiger partial charge >= 0.3 is 0 Å². The van der Waals surface area contributed by atoms with Crippen molar-refractivity contribution in [2.75, 3.05) is 0 Å². The third-order valence-electron chi connectivity index (χ3n) is 3.36. The molecular formula is C11H10BrNO. The fourth-order valence-corrected chi connectivity index (χ4v) is 2.92. The Morgan fingerprint density at radius 2 is 2.07 bits per heavy atom. The Morgan fingerprint density at radius 3 is 2.79 bits per heavy atom. The van der Waals surface area contributed by atoms with E-state index in [4.69, 9.17) is 5.21 Å². The zero-order chi connectivity index (χ0) is 9.71. The number of halogens is 1. The Bertz CT molecular complexity index is 421. The summed E-state index contributed by atoms with van der Waals surface area (Å²) in [5.74, 6) is 1.19. The first-order valence-corrected chi connectivity index (χ1v) is 5.60. The Morgan fingerprint density at radius 1 is 1.29 bits per heavy atom. The van der Waals surface area contributed by atoms with Crippen LogP contribution in [0.5, 0.6) is 0 Å². The molecule has 3 aliphatic carbocycles. The van der Waals surface area contributed by atoms with E-state index in [-0.39, 0.29) is 0 Å². The van der Waals surface area contributed by atoms with E-state index in [0.29, 0.717) is 11.8 Å². The molecule has 1 N–H and O–H groups in total. The van der Waals surface area contributed by atoms with Crippen LogP contribution in [0.3, 0.4) is 0 Å². The first-order chi connectivity index (χ1) is 6.79. The Balaban J connectivity index is 2.22. The highest BCUT2D eigenvalue weighted by Gasteiger charge is 2.41. The lowest BCUT2D eigenvalue weighted by Crippen LogP contribution is -2.36. The van der Waals surface area contributed by atoms with E-state index in [9.17, 15) is 0 Å². The largest absolute Gasteiger partial charge is 0.411 e. The Kier molecular flexibility index (Phi) is 1.71.